The van der Waals surface area contributed by atoms with Gasteiger partial charge >= 0.3 is 0 Å². The fraction of sp³-hybridized carbons (Fsp3) is 0.381. The lowest BCUT2D eigenvalue weighted by Gasteiger charge is -2.29. The Morgan fingerprint density at radius 3 is 2.82 bits per heavy atom. The van der Waals surface area contributed by atoms with E-state index in [0.29, 0.717) is 11.8 Å². The molecule has 1 saturated carbocycles. The molecule has 1 fully saturated rings. The molecule has 0 bridgehead atoms. The predicted molar refractivity (Wildman–Crippen MR) is 108 cm³/mol. The number of fused-ring (bicyclic) bond motifs is 1. The Kier molecular flexibility index (Phi) is 5.52. The summed E-state index contributed by atoms with van der Waals surface area (Å²) in [7, 11) is 0. The first-order chi connectivity index (χ1) is 13.6. The van der Waals surface area contributed by atoms with Crippen LogP contribution < -0.4 is 10.1 Å². The molecule has 0 radical (unpaired) electrons. The molecule has 0 spiro atoms. The second kappa shape index (κ2) is 8.22. The van der Waals surface area contributed by atoms with E-state index in [4.69, 9.17) is 4.74 Å². The Bertz CT molecular complexity index is 973. The van der Waals surface area contributed by atoms with Gasteiger partial charge in [0.2, 0.25) is 5.88 Å². The van der Waals surface area contributed by atoms with Gasteiger partial charge in [-0.1, -0.05) is 31.9 Å². The van der Waals surface area contributed by atoms with Crippen LogP contribution in [0.15, 0.2) is 36.0 Å². The third-order valence-electron chi connectivity index (χ3n) is 5.29. The average molecular weight is 399 g/mol. The molecule has 2 aromatic heterocycles. The van der Waals surface area contributed by atoms with Crippen molar-refractivity contribution >= 4 is 27.5 Å². The quantitative estimate of drug-likeness (QED) is 0.683. The van der Waals surface area contributed by atoms with Gasteiger partial charge in [-0.15, -0.1) is 11.3 Å². The first kappa shape index (κ1) is 18.8. The Labute approximate surface area is 167 Å². The maximum atomic E-state index is 13.3. The number of ether oxygens (including phenoxy) is 1. The molecule has 1 N–H and O–H groups in total. The van der Waals surface area contributed by atoms with E-state index < -0.39 is 0 Å². The van der Waals surface area contributed by atoms with E-state index in [9.17, 15) is 9.18 Å². The molecule has 1 aliphatic rings. The number of halogens is 1. The lowest BCUT2D eigenvalue weighted by molar-refractivity contribution is -0.124. The first-order valence-corrected chi connectivity index (χ1v) is 10.4. The van der Waals surface area contributed by atoms with Gasteiger partial charge in [0, 0.05) is 17.0 Å². The van der Waals surface area contributed by atoms with Gasteiger partial charge in [-0.3, -0.25) is 4.79 Å². The summed E-state index contributed by atoms with van der Waals surface area (Å²) in [4.78, 5) is 21.7. The molecular weight excluding hydrogens is 377 g/mol. The molecule has 2 heterocycles. The minimum Gasteiger partial charge on any atom is -0.467 e. The van der Waals surface area contributed by atoms with E-state index in [2.05, 4.69) is 22.2 Å². The lowest BCUT2D eigenvalue weighted by Crippen LogP contribution is -2.43. The van der Waals surface area contributed by atoms with Crippen LogP contribution in [-0.4, -0.2) is 28.5 Å². The van der Waals surface area contributed by atoms with Crippen LogP contribution in [0.2, 0.25) is 0 Å². The number of aromatic nitrogens is 2. The normalized spacial score (nSPS) is 19.5. The molecule has 3 aromatic rings. The molecular formula is C21H22FN3O2S. The van der Waals surface area contributed by atoms with Gasteiger partial charge in [0.25, 0.3) is 5.91 Å². The standard InChI is InChI=1S/C21H22FN3O2S/c1-13-4-2-3-5-17(13)25-18(26)10-27-20-19-16(11-28-21(19)24-12-23-20)14-6-8-15(22)9-7-14/h6-9,11-13,17H,2-5,10H2,1H3,(H,25,26)/t13-,17-/m0/s1. The minimum atomic E-state index is -0.287. The highest BCUT2D eigenvalue weighted by molar-refractivity contribution is 7.17. The number of nitrogens with zero attached hydrogens (tertiary/aromatic N) is 2. The molecule has 5 nitrogen and oxygen atoms in total. The fourth-order valence-corrected chi connectivity index (χ4v) is 4.62. The largest absolute Gasteiger partial charge is 0.467 e. The van der Waals surface area contributed by atoms with Crippen molar-refractivity contribution in [1.82, 2.24) is 15.3 Å². The van der Waals surface area contributed by atoms with Crippen molar-refractivity contribution in [2.75, 3.05) is 6.61 Å². The number of benzene rings is 1. The van der Waals surface area contributed by atoms with Gasteiger partial charge < -0.3 is 10.1 Å². The Morgan fingerprint density at radius 2 is 2.04 bits per heavy atom. The van der Waals surface area contributed by atoms with Gasteiger partial charge in [0.1, 0.15) is 17.0 Å². The third-order valence-corrected chi connectivity index (χ3v) is 6.17. The van der Waals surface area contributed by atoms with Crippen LogP contribution >= 0.6 is 11.3 Å². The second-order valence-electron chi connectivity index (χ2n) is 7.24. The molecule has 7 heteroatoms. The van der Waals surface area contributed by atoms with Crippen LogP contribution in [0.25, 0.3) is 21.3 Å². The fourth-order valence-electron chi connectivity index (χ4n) is 3.71. The van der Waals surface area contributed by atoms with Crippen molar-refractivity contribution in [1.29, 1.82) is 0 Å². The van der Waals surface area contributed by atoms with Crippen LogP contribution in [0, 0.1) is 11.7 Å². The van der Waals surface area contributed by atoms with Crippen LogP contribution in [0.1, 0.15) is 32.6 Å². The lowest BCUT2D eigenvalue weighted by atomic mass is 9.86. The highest BCUT2D eigenvalue weighted by atomic mass is 32.1. The van der Waals surface area contributed by atoms with Crippen molar-refractivity contribution in [3.63, 3.8) is 0 Å². The maximum Gasteiger partial charge on any atom is 0.258 e. The van der Waals surface area contributed by atoms with Gasteiger partial charge in [0.05, 0.1) is 5.39 Å². The van der Waals surface area contributed by atoms with Crippen molar-refractivity contribution in [2.45, 2.75) is 38.6 Å². The predicted octanol–water partition coefficient (Wildman–Crippen LogP) is 4.57. The van der Waals surface area contributed by atoms with Gasteiger partial charge in [-0.05, 0) is 36.5 Å². The van der Waals surface area contributed by atoms with Crippen molar-refractivity contribution in [2.24, 2.45) is 5.92 Å². The van der Waals surface area contributed by atoms with E-state index in [1.807, 2.05) is 5.38 Å². The van der Waals surface area contributed by atoms with E-state index in [1.165, 1.54) is 36.2 Å². The number of carbonyl (C=O) groups excluding carboxylic acids is 1. The number of thiophene rings is 1. The number of hydrogen-bond acceptors (Lipinski definition) is 5. The van der Waals surface area contributed by atoms with Crippen LogP contribution in [0.5, 0.6) is 5.88 Å². The summed E-state index contributed by atoms with van der Waals surface area (Å²) in [6.45, 7) is 2.09. The Hall–Kier alpha value is -2.54. The smallest absolute Gasteiger partial charge is 0.258 e. The van der Waals surface area contributed by atoms with Gasteiger partial charge in [-0.25, -0.2) is 14.4 Å². The molecule has 28 heavy (non-hydrogen) atoms. The third kappa shape index (κ3) is 3.99. The number of rotatable bonds is 5. The molecule has 4 rings (SSSR count). The monoisotopic (exact) mass is 399 g/mol. The summed E-state index contributed by atoms with van der Waals surface area (Å²) in [6.07, 6.45) is 5.98. The minimum absolute atomic E-state index is 0.0892. The Balaban J connectivity index is 1.51. The topological polar surface area (TPSA) is 64.1 Å². The molecule has 146 valence electrons. The van der Waals surface area contributed by atoms with E-state index in [0.717, 1.165) is 40.6 Å². The van der Waals surface area contributed by atoms with E-state index in [1.54, 1.807) is 12.1 Å². The maximum absolute atomic E-state index is 13.3. The zero-order valence-electron chi connectivity index (χ0n) is 15.7. The molecule has 0 aliphatic heterocycles. The highest BCUT2D eigenvalue weighted by Gasteiger charge is 2.23. The molecule has 0 saturated heterocycles. The molecule has 1 aromatic carbocycles. The average Bonchev–Trinajstić information content (AvgIpc) is 3.13. The van der Waals surface area contributed by atoms with Gasteiger partial charge in [0.15, 0.2) is 6.61 Å². The number of hydrogen-bond donors (Lipinski definition) is 1. The first-order valence-electron chi connectivity index (χ1n) is 9.52. The summed E-state index contributed by atoms with van der Waals surface area (Å²) in [6, 6.07) is 6.48. The molecule has 1 aliphatic carbocycles. The van der Waals surface area contributed by atoms with Crippen molar-refractivity contribution in [3.05, 3.63) is 41.8 Å². The van der Waals surface area contributed by atoms with E-state index >= 15 is 0 Å². The summed E-state index contributed by atoms with van der Waals surface area (Å²) in [5.74, 6) is 0.441. The van der Waals surface area contributed by atoms with E-state index in [-0.39, 0.29) is 24.4 Å². The zero-order chi connectivity index (χ0) is 19.5. The number of amides is 1. The summed E-state index contributed by atoms with van der Waals surface area (Å²) < 4.78 is 19.0. The van der Waals surface area contributed by atoms with Crippen molar-refractivity contribution in [3.8, 4) is 17.0 Å². The van der Waals surface area contributed by atoms with Crippen LogP contribution in [-0.2, 0) is 4.79 Å². The van der Waals surface area contributed by atoms with Gasteiger partial charge in [-0.2, -0.15) is 0 Å². The van der Waals surface area contributed by atoms with Crippen molar-refractivity contribution < 1.29 is 13.9 Å². The summed E-state index contributed by atoms with van der Waals surface area (Å²) in [5.41, 5.74) is 1.73. The molecule has 1 amide bonds. The SMILES string of the molecule is C[C@H]1CCCC[C@@H]1NC(=O)COc1ncnc2scc(-c3ccc(F)cc3)c12. The van der Waals surface area contributed by atoms with Crippen LogP contribution in [0.4, 0.5) is 4.39 Å². The summed E-state index contributed by atoms with van der Waals surface area (Å²) >= 11 is 1.46. The zero-order valence-corrected chi connectivity index (χ0v) is 16.5. The Morgan fingerprint density at radius 1 is 1.25 bits per heavy atom. The molecule has 2 atom stereocenters. The number of nitrogens with one attached hydrogen (secondary N) is 1. The second-order valence-corrected chi connectivity index (χ2v) is 8.10. The highest BCUT2D eigenvalue weighted by Crippen LogP contribution is 2.37. The molecule has 0 unspecified atom stereocenters. The van der Waals surface area contributed by atoms with Crippen LogP contribution in [0.3, 0.4) is 0 Å². The number of carbonyl (C=O) groups is 1. The summed E-state index contributed by atoms with van der Waals surface area (Å²) in [5, 5.41) is 5.78.